The van der Waals surface area contributed by atoms with E-state index in [0.29, 0.717) is 32.2 Å². The van der Waals surface area contributed by atoms with E-state index >= 15 is 4.79 Å². The minimum Gasteiger partial charge on any atom is -0.458 e. The van der Waals surface area contributed by atoms with E-state index in [-0.39, 0.29) is 44.5 Å². The highest BCUT2D eigenvalue weighted by Gasteiger charge is 2.77. The smallest absolute Gasteiger partial charge is 0.327 e. The Bertz CT molecular complexity index is 1890. The molecule has 2 bridgehead atoms. The highest BCUT2D eigenvalue weighted by Crippen LogP contribution is 2.59. The number of hydroxylamine groups is 2. The third-order valence-electron chi connectivity index (χ3n) is 12.7. The Morgan fingerprint density at radius 3 is 2.43 bits per heavy atom. The largest absolute Gasteiger partial charge is 0.458 e. The van der Waals surface area contributed by atoms with Gasteiger partial charge in [-0.05, 0) is 35.1 Å². The van der Waals surface area contributed by atoms with Crippen molar-refractivity contribution in [3.05, 3.63) is 76.9 Å². The third-order valence-corrected chi connectivity index (χ3v) is 12.7. The molecule has 312 valence electrons. The number of hydrogen-bond acceptors (Lipinski definition) is 15. The summed E-state index contributed by atoms with van der Waals surface area (Å²) >= 11 is 0. The molecule has 7 aliphatic rings. The number of aliphatic hydroxyl groups excluding tert-OH is 5. The summed E-state index contributed by atoms with van der Waals surface area (Å²) in [5.41, 5.74) is 2.34. The van der Waals surface area contributed by atoms with Crippen molar-refractivity contribution in [2.45, 2.75) is 112 Å². The highest BCUT2D eigenvalue weighted by molar-refractivity contribution is 5.96. The van der Waals surface area contributed by atoms with Crippen molar-refractivity contribution in [1.82, 2.24) is 15.3 Å². The van der Waals surface area contributed by atoms with Crippen molar-refractivity contribution in [2.24, 2.45) is 5.41 Å². The van der Waals surface area contributed by atoms with E-state index in [1.807, 2.05) is 48.5 Å². The van der Waals surface area contributed by atoms with Gasteiger partial charge >= 0.3 is 5.97 Å². The fourth-order valence-electron chi connectivity index (χ4n) is 10.0. The Kier molecular flexibility index (Phi) is 10.7. The lowest BCUT2D eigenvalue weighted by Crippen LogP contribution is -2.70. The SMILES string of the molecule is O=C(NCCO)[C@H]1CCCN1C(=O)[C@@]12C[C@H]3OC(=O)[C@@H]1N(Cc1ccc(C=CCO[C@H]4O[C@H](CO)[C@H](O)[C@H](O)[C@H]4O)cc1)O[C@@H]2[C@H]1OC2(Cc4ccccc4C2)O[C@H]13. The van der Waals surface area contributed by atoms with Crippen LogP contribution >= 0.6 is 0 Å². The zero-order valence-corrected chi connectivity index (χ0v) is 31.7. The molecule has 17 nitrogen and oxygen atoms in total. The lowest BCUT2D eigenvalue weighted by molar-refractivity contribution is -0.298. The van der Waals surface area contributed by atoms with Crippen molar-refractivity contribution >= 4 is 23.9 Å². The summed E-state index contributed by atoms with van der Waals surface area (Å²) in [6, 6.07) is 13.5. The standard InChI is InChI=1S/C41H49N3O14/c45-15-13-42-36(50)26-8-3-14-43(26)39(52)41-19-27-32-33(57-40(56-32)17-24-6-1-2-7-25(24)18-40)35(41)58-44(34(41)37(51)54-27)20-23-11-9-22(10-12-23)5-4-16-53-38-31(49)30(48)29(47)28(21-46)55-38/h1-2,4-7,9-12,26-35,38,45-49H,3,8,13-21H2,(H,42,50)/t26-,27-,28-,29+,30+,31-,32+,33+,34+,35-,38+,41+/m1/s1. The van der Waals surface area contributed by atoms with Gasteiger partial charge in [0.2, 0.25) is 11.8 Å². The normalized spacial score (nSPS) is 37.3. The van der Waals surface area contributed by atoms with Crippen molar-refractivity contribution in [3.8, 4) is 0 Å². The minimum atomic E-state index is -1.54. The predicted molar refractivity (Wildman–Crippen MR) is 197 cm³/mol. The van der Waals surface area contributed by atoms with Crippen LogP contribution in [0.1, 0.15) is 41.5 Å². The maximum atomic E-state index is 15.2. The monoisotopic (exact) mass is 807 g/mol. The van der Waals surface area contributed by atoms with E-state index < -0.39 is 91.0 Å². The number of fused-ring (bicyclic) bond motifs is 5. The maximum Gasteiger partial charge on any atom is 0.327 e. The van der Waals surface area contributed by atoms with E-state index in [1.54, 1.807) is 17.1 Å². The van der Waals surface area contributed by atoms with Gasteiger partial charge in [0.15, 0.2) is 18.1 Å². The molecular weight excluding hydrogens is 758 g/mol. The first-order valence-electron chi connectivity index (χ1n) is 20.0. The number of esters is 1. The fourth-order valence-corrected chi connectivity index (χ4v) is 10.0. The molecule has 1 saturated carbocycles. The summed E-state index contributed by atoms with van der Waals surface area (Å²) in [6.45, 7) is -0.294. The molecule has 0 radical (unpaired) electrons. The Balaban J connectivity index is 0.950. The van der Waals surface area contributed by atoms with E-state index in [0.717, 1.165) is 22.3 Å². The number of likely N-dealkylation sites (tertiary alicyclic amines) is 1. The third kappa shape index (κ3) is 6.66. The van der Waals surface area contributed by atoms with Crippen LogP contribution in [0.4, 0.5) is 0 Å². The Morgan fingerprint density at radius 2 is 1.71 bits per heavy atom. The quantitative estimate of drug-likeness (QED) is 0.145. The van der Waals surface area contributed by atoms with Crippen LogP contribution in [0.5, 0.6) is 0 Å². The van der Waals surface area contributed by atoms with Gasteiger partial charge < -0.3 is 59.4 Å². The average Bonchev–Trinajstić information content (AvgIpc) is 4.02. The molecule has 5 aliphatic heterocycles. The number of amides is 2. The number of aliphatic hydroxyl groups is 5. The van der Waals surface area contributed by atoms with E-state index in [9.17, 15) is 35.1 Å². The van der Waals surface area contributed by atoms with Gasteiger partial charge in [-0.2, -0.15) is 5.06 Å². The highest BCUT2D eigenvalue weighted by atomic mass is 16.8. The van der Waals surface area contributed by atoms with Gasteiger partial charge in [0.1, 0.15) is 60.3 Å². The van der Waals surface area contributed by atoms with Gasteiger partial charge in [-0.1, -0.05) is 60.7 Å². The second kappa shape index (κ2) is 15.6. The lowest BCUT2D eigenvalue weighted by Gasteiger charge is -2.50. The molecule has 9 rings (SSSR count). The van der Waals surface area contributed by atoms with E-state index in [2.05, 4.69) is 5.32 Å². The van der Waals surface area contributed by atoms with Crippen LogP contribution in [-0.2, 0) is 62.3 Å². The summed E-state index contributed by atoms with van der Waals surface area (Å²) in [5, 5.41) is 53.3. The second-order valence-electron chi connectivity index (χ2n) is 16.3. The van der Waals surface area contributed by atoms with Gasteiger partial charge in [-0.3, -0.25) is 19.2 Å². The molecule has 2 aliphatic carbocycles. The van der Waals surface area contributed by atoms with Crippen LogP contribution in [-0.4, -0.2) is 159 Å². The van der Waals surface area contributed by atoms with Gasteiger partial charge in [0, 0.05) is 32.4 Å². The molecule has 6 fully saturated rings. The number of rotatable bonds is 11. The molecule has 12 atom stereocenters. The van der Waals surface area contributed by atoms with Gasteiger partial charge in [-0.15, -0.1) is 0 Å². The molecule has 1 spiro atoms. The first kappa shape index (κ1) is 39.6. The molecule has 58 heavy (non-hydrogen) atoms. The van der Waals surface area contributed by atoms with Crippen LogP contribution in [0.25, 0.3) is 6.08 Å². The number of carbonyl (C=O) groups is 3. The Labute approximate surface area is 334 Å². The summed E-state index contributed by atoms with van der Waals surface area (Å²) in [4.78, 5) is 51.0. The minimum absolute atomic E-state index is 0.00334. The molecule has 0 unspecified atom stereocenters. The topological polar surface area (TPSA) is 226 Å². The van der Waals surface area contributed by atoms with Crippen molar-refractivity contribution in [1.29, 1.82) is 0 Å². The Hall–Kier alpha value is -3.85. The summed E-state index contributed by atoms with van der Waals surface area (Å²) in [6.07, 6.45) is -4.34. The van der Waals surface area contributed by atoms with Gasteiger partial charge in [0.25, 0.3) is 0 Å². The van der Waals surface area contributed by atoms with Gasteiger partial charge in [-0.25, -0.2) is 0 Å². The first-order valence-corrected chi connectivity index (χ1v) is 20.0. The van der Waals surface area contributed by atoms with Crippen LogP contribution < -0.4 is 5.32 Å². The second-order valence-corrected chi connectivity index (χ2v) is 16.3. The maximum absolute atomic E-state index is 15.2. The number of hydrogen-bond donors (Lipinski definition) is 6. The van der Waals surface area contributed by atoms with Crippen LogP contribution in [0.3, 0.4) is 0 Å². The number of benzene rings is 2. The van der Waals surface area contributed by atoms with Crippen molar-refractivity contribution in [2.75, 3.05) is 32.9 Å². The van der Waals surface area contributed by atoms with E-state index in [4.69, 9.17) is 28.5 Å². The summed E-state index contributed by atoms with van der Waals surface area (Å²) in [7, 11) is 0. The zero-order chi connectivity index (χ0) is 40.3. The zero-order valence-electron chi connectivity index (χ0n) is 31.7. The van der Waals surface area contributed by atoms with Crippen molar-refractivity contribution < 1.29 is 68.4 Å². The molecule has 5 saturated heterocycles. The number of ether oxygens (including phenoxy) is 5. The van der Waals surface area contributed by atoms with Crippen LogP contribution in [0.2, 0.25) is 0 Å². The first-order chi connectivity index (χ1) is 28.1. The number of carbonyl (C=O) groups excluding carboxylic acids is 3. The van der Waals surface area contributed by atoms with E-state index in [1.165, 1.54) is 5.06 Å². The number of nitrogens with zero attached hydrogens (tertiary/aromatic N) is 2. The van der Waals surface area contributed by atoms with Crippen LogP contribution in [0, 0.1) is 5.41 Å². The summed E-state index contributed by atoms with van der Waals surface area (Å²) < 4.78 is 30.7. The fraction of sp³-hybridized carbons (Fsp3) is 0.585. The van der Waals surface area contributed by atoms with Crippen molar-refractivity contribution in [3.63, 3.8) is 0 Å². The Morgan fingerprint density at radius 1 is 0.966 bits per heavy atom. The molecule has 17 heteroatoms. The van der Waals surface area contributed by atoms with Gasteiger partial charge in [0.05, 0.1) is 26.4 Å². The molecule has 2 aromatic rings. The lowest BCUT2D eigenvalue weighted by atomic mass is 9.62. The molecule has 0 aromatic heterocycles. The molecule has 6 N–H and O–H groups in total. The van der Waals surface area contributed by atoms with Crippen LogP contribution in [0.15, 0.2) is 54.6 Å². The number of nitrogens with one attached hydrogen (secondary N) is 1. The molecule has 2 aromatic carbocycles. The molecular formula is C41H49N3O14. The average molecular weight is 808 g/mol. The molecule has 2 amide bonds. The molecule has 5 heterocycles. The summed E-state index contributed by atoms with van der Waals surface area (Å²) in [5.74, 6) is -2.34. The predicted octanol–water partition coefficient (Wildman–Crippen LogP) is -1.31.